The van der Waals surface area contributed by atoms with Crippen molar-refractivity contribution in [2.24, 2.45) is 12.0 Å². The molecule has 7 heteroatoms. The van der Waals surface area contributed by atoms with Gasteiger partial charge in [-0.2, -0.15) is 0 Å². The van der Waals surface area contributed by atoms with Crippen LogP contribution in [0.15, 0.2) is 29.3 Å². The van der Waals surface area contributed by atoms with E-state index in [0.717, 1.165) is 30.6 Å². The van der Waals surface area contributed by atoms with Crippen LogP contribution in [0.25, 0.3) is 0 Å². The molecule has 2 N–H and O–H groups in total. The van der Waals surface area contributed by atoms with E-state index in [1.807, 2.05) is 18.5 Å². The molecular formula is C16H25IN6. The zero-order chi connectivity index (χ0) is 15.9. The molecule has 23 heavy (non-hydrogen) atoms. The van der Waals surface area contributed by atoms with E-state index in [0.29, 0.717) is 6.54 Å². The van der Waals surface area contributed by atoms with E-state index >= 15 is 0 Å². The van der Waals surface area contributed by atoms with Crippen molar-refractivity contribution in [1.29, 1.82) is 0 Å². The zero-order valence-electron chi connectivity index (χ0n) is 14.1. The van der Waals surface area contributed by atoms with Gasteiger partial charge in [-0.05, 0) is 24.5 Å². The number of guanidine groups is 1. The Labute approximate surface area is 154 Å². The largest absolute Gasteiger partial charge is 0.352 e. The lowest BCUT2D eigenvalue weighted by atomic mass is 10.1. The Balaban J connectivity index is 0.00000264. The van der Waals surface area contributed by atoms with Crippen LogP contribution in [-0.4, -0.2) is 27.8 Å². The minimum Gasteiger partial charge on any atom is -0.352 e. The number of hydrogen-bond acceptors (Lipinski definition) is 3. The number of aliphatic imine (C=N–C) groups is 1. The van der Waals surface area contributed by atoms with Crippen LogP contribution in [-0.2, 0) is 26.6 Å². The third kappa shape index (κ3) is 5.19. The quantitative estimate of drug-likeness (QED) is 0.435. The third-order valence-corrected chi connectivity index (χ3v) is 3.77. The summed E-state index contributed by atoms with van der Waals surface area (Å²) in [6, 6.07) is 8.45. The molecule has 0 atom stereocenters. The van der Waals surface area contributed by atoms with Crippen molar-refractivity contribution in [1.82, 2.24) is 25.4 Å². The van der Waals surface area contributed by atoms with Gasteiger partial charge in [0, 0.05) is 20.6 Å². The zero-order valence-corrected chi connectivity index (χ0v) is 16.5. The number of nitrogens with zero attached hydrogens (tertiary/aromatic N) is 4. The van der Waals surface area contributed by atoms with Crippen molar-refractivity contribution in [3.8, 4) is 0 Å². The number of aryl methyl sites for hydroxylation is 2. The fraction of sp³-hybridized carbons (Fsp3) is 0.438. The average molecular weight is 428 g/mol. The second kappa shape index (κ2) is 9.49. The van der Waals surface area contributed by atoms with Crippen LogP contribution in [0.4, 0.5) is 0 Å². The summed E-state index contributed by atoms with van der Waals surface area (Å²) in [6.07, 6.45) is 1.03. The standard InChI is InChI=1S/C16H24N6.HI/c1-5-13-8-6-7-9-14(13)10-18-16(17-3)19-11-15-21-20-12(2)22(15)4;/h6-9H,5,10-11H2,1-4H3,(H2,17,18,19);1H. The molecule has 0 spiro atoms. The summed E-state index contributed by atoms with van der Waals surface area (Å²) in [4.78, 5) is 4.25. The van der Waals surface area contributed by atoms with Crippen molar-refractivity contribution in [3.63, 3.8) is 0 Å². The molecule has 1 aromatic heterocycles. The van der Waals surface area contributed by atoms with Gasteiger partial charge in [-0.25, -0.2) is 0 Å². The van der Waals surface area contributed by atoms with E-state index < -0.39 is 0 Å². The molecule has 126 valence electrons. The van der Waals surface area contributed by atoms with Crippen molar-refractivity contribution in [3.05, 3.63) is 47.0 Å². The number of aromatic nitrogens is 3. The van der Waals surface area contributed by atoms with Crippen LogP contribution in [0.3, 0.4) is 0 Å². The Bertz CT molecular complexity index is 650. The lowest BCUT2D eigenvalue weighted by Crippen LogP contribution is -2.37. The Kier molecular flexibility index (Phi) is 8.01. The Morgan fingerprint density at radius 3 is 2.35 bits per heavy atom. The number of benzene rings is 1. The van der Waals surface area contributed by atoms with Crippen LogP contribution >= 0.6 is 24.0 Å². The highest BCUT2D eigenvalue weighted by molar-refractivity contribution is 14.0. The van der Waals surface area contributed by atoms with Gasteiger partial charge in [-0.1, -0.05) is 31.2 Å². The number of rotatable bonds is 5. The number of nitrogens with one attached hydrogen (secondary N) is 2. The minimum atomic E-state index is 0. The van der Waals surface area contributed by atoms with Crippen LogP contribution in [0, 0.1) is 6.92 Å². The van der Waals surface area contributed by atoms with Gasteiger partial charge in [-0.15, -0.1) is 34.2 Å². The third-order valence-electron chi connectivity index (χ3n) is 3.77. The molecule has 6 nitrogen and oxygen atoms in total. The lowest BCUT2D eigenvalue weighted by Gasteiger charge is -2.13. The van der Waals surface area contributed by atoms with E-state index in [-0.39, 0.29) is 24.0 Å². The Morgan fingerprint density at radius 1 is 1.13 bits per heavy atom. The molecule has 0 saturated carbocycles. The minimum absolute atomic E-state index is 0. The van der Waals surface area contributed by atoms with Crippen molar-refractivity contribution in [2.45, 2.75) is 33.4 Å². The predicted molar refractivity (Wildman–Crippen MR) is 104 cm³/mol. The van der Waals surface area contributed by atoms with Crippen LogP contribution in [0.1, 0.15) is 29.7 Å². The maximum absolute atomic E-state index is 4.25. The molecule has 0 amide bonds. The van der Waals surface area contributed by atoms with E-state index in [9.17, 15) is 0 Å². The van der Waals surface area contributed by atoms with Gasteiger partial charge in [0.25, 0.3) is 0 Å². The fourth-order valence-electron chi connectivity index (χ4n) is 2.24. The van der Waals surface area contributed by atoms with Gasteiger partial charge >= 0.3 is 0 Å². The SMILES string of the molecule is CCc1ccccc1CNC(=NC)NCc1nnc(C)n1C.I. The fourth-order valence-corrected chi connectivity index (χ4v) is 2.24. The maximum Gasteiger partial charge on any atom is 0.191 e. The van der Waals surface area contributed by atoms with Crippen molar-refractivity contribution in [2.75, 3.05) is 7.05 Å². The van der Waals surface area contributed by atoms with Gasteiger partial charge < -0.3 is 15.2 Å². The summed E-state index contributed by atoms with van der Waals surface area (Å²) in [5.74, 6) is 2.54. The van der Waals surface area contributed by atoms with Crippen LogP contribution < -0.4 is 10.6 Å². The predicted octanol–water partition coefficient (Wildman–Crippen LogP) is 2.17. The Hall–Kier alpha value is -1.64. The summed E-state index contributed by atoms with van der Waals surface area (Å²) in [5, 5.41) is 14.8. The normalized spacial score (nSPS) is 11.0. The second-order valence-corrected chi connectivity index (χ2v) is 5.12. The highest BCUT2D eigenvalue weighted by atomic mass is 127. The molecule has 0 aliphatic heterocycles. The van der Waals surface area contributed by atoms with E-state index in [1.54, 1.807) is 7.05 Å². The van der Waals surface area contributed by atoms with Gasteiger partial charge in [0.1, 0.15) is 5.82 Å². The van der Waals surface area contributed by atoms with Gasteiger partial charge in [-0.3, -0.25) is 4.99 Å². The first-order chi connectivity index (χ1) is 10.7. The summed E-state index contributed by atoms with van der Waals surface area (Å²) >= 11 is 0. The molecule has 0 saturated heterocycles. The molecule has 0 aliphatic rings. The summed E-state index contributed by atoms with van der Waals surface area (Å²) in [7, 11) is 3.73. The van der Waals surface area contributed by atoms with E-state index in [4.69, 9.17) is 0 Å². The first-order valence-electron chi connectivity index (χ1n) is 7.51. The molecule has 0 radical (unpaired) electrons. The first kappa shape index (κ1) is 19.4. The molecule has 0 fully saturated rings. The summed E-state index contributed by atoms with van der Waals surface area (Å²) in [6.45, 7) is 5.45. The number of hydrogen-bond donors (Lipinski definition) is 2. The second-order valence-electron chi connectivity index (χ2n) is 5.12. The van der Waals surface area contributed by atoms with Crippen LogP contribution in [0.5, 0.6) is 0 Å². The topological polar surface area (TPSA) is 67.1 Å². The molecule has 1 heterocycles. The molecule has 1 aromatic carbocycles. The van der Waals surface area contributed by atoms with E-state index in [2.05, 4.69) is 57.0 Å². The van der Waals surface area contributed by atoms with Gasteiger partial charge in [0.2, 0.25) is 0 Å². The molecule has 0 unspecified atom stereocenters. The molecule has 2 aromatic rings. The highest BCUT2D eigenvalue weighted by Crippen LogP contribution is 2.08. The molecule has 0 bridgehead atoms. The summed E-state index contributed by atoms with van der Waals surface area (Å²) in [5.41, 5.74) is 2.65. The molecule has 2 rings (SSSR count). The van der Waals surface area contributed by atoms with E-state index in [1.165, 1.54) is 11.1 Å². The monoisotopic (exact) mass is 428 g/mol. The number of halogens is 1. The van der Waals surface area contributed by atoms with Gasteiger partial charge in [0.15, 0.2) is 11.8 Å². The molecule has 0 aliphatic carbocycles. The summed E-state index contributed by atoms with van der Waals surface area (Å²) < 4.78 is 1.96. The molecular weight excluding hydrogens is 403 g/mol. The lowest BCUT2D eigenvalue weighted by molar-refractivity contribution is 0.716. The van der Waals surface area contributed by atoms with Gasteiger partial charge in [0.05, 0.1) is 6.54 Å². The van der Waals surface area contributed by atoms with Crippen molar-refractivity contribution >= 4 is 29.9 Å². The smallest absolute Gasteiger partial charge is 0.191 e. The van der Waals surface area contributed by atoms with Crippen molar-refractivity contribution < 1.29 is 0 Å². The first-order valence-corrected chi connectivity index (χ1v) is 7.51. The maximum atomic E-state index is 4.25. The highest BCUT2D eigenvalue weighted by Gasteiger charge is 2.06. The Morgan fingerprint density at radius 2 is 1.78 bits per heavy atom. The van der Waals surface area contributed by atoms with Crippen LogP contribution in [0.2, 0.25) is 0 Å². The average Bonchev–Trinajstić information content (AvgIpc) is 2.87.